The Bertz CT molecular complexity index is 777. The Balaban J connectivity index is 1.70. The van der Waals surface area contributed by atoms with E-state index in [2.05, 4.69) is 31.5 Å². The third kappa shape index (κ3) is 3.71. The second kappa shape index (κ2) is 6.71. The fourth-order valence-electron chi connectivity index (χ4n) is 1.71. The summed E-state index contributed by atoms with van der Waals surface area (Å²) >= 11 is 2.81. The highest BCUT2D eigenvalue weighted by Crippen LogP contribution is 2.31. The standard InChI is InChI=1S/C14H13N5OS2/c1-9-4-3-5-10(8-9)16-13-18-19-14(22-13)21-12-15-7-6-11(17-12)20-2/h3-8H,1-2H3,(H,16,18). The maximum Gasteiger partial charge on any atom is 0.217 e. The summed E-state index contributed by atoms with van der Waals surface area (Å²) in [5, 5.41) is 12.8. The summed E-state index contributed by atoms with van der Waals surface area (Å²) < 4.78 is 5.85. The molecule has 0 saturated carbocycles. The first-order valence-electron chi connectivity index (χ1n) is 6.45. The molecular formula is C14H13N5OS2. The topological polar surface area (TPSA) is 72.8 Å². The van der Waals surface area contributed by atoms with Gasteiger partial charge in [-0.3, -0.25) is 0 Å². The van der Waals surface area contributed by atoms with Crippen molar-refractivity contribution in [3.63, 3.8) is 0 Å². The first kappa shape index (κ1) is 14.7. The minimum atomic E-state index is 0.528. The normalized spacial score (nSPS) is 10.5. The molecule has 0 radical (unpaired) electrons. The van der Waals surface area contributed by atoms with Crippen molar-refractivity contribution in [2.24, 2.45) is 0 Å². The number of nitrogens with one attached hydrogen (secondary N) is 1. The van der Waals surface area contributed by atoms with Crippen LogP contribution in [0.25, 0.3) is 0 Å². The Morgan fingerprint density at radius 1 is 1.23 bits per heavy atom. The van der Waals surface area contributed by atoms with Crippen molar-refractivity contribution in [2.75, 3.05) is 12.4 Å². The zero-order valence-corrected chi connectivity index (χ0v) is 13.6. The summed E-state index contributed by atoms with van der Waals surface area (Å²) in [6, 6.07) is 9.80. The Kier molecular flexibility index (Phi) is 4.50. The number of ether oxygens (including phenoxy) is 1. The molecule has 0 spiro atoms. The molecular weight excluding hydrogens is 318 g/mol. The van der Waals surface area contributed by atoms with Gasteiger partial charge in [-0.15, -0.1) is 10.2 Å². The molecule has 0 amide bonds. The predicted octanol–water partition coefficient (Wildman–Crippen LogP) is 3.54. The smallest absolute Gasteiger partial charge is 0.217 e. The fraction of sp³-hybridized carbons (Fsp3) is 0.143. The molecule has 2 heterocycles. The molecule has 0 unspecified atom stereocenters. The average Bonchev–Trinajstić information content (AvgIpc) is 2.94. The van der Waals surface area contributed by atoms with E-state index in [9.17, 15) is 0 Å². The number of hydrogen-bond donors (Lipinski definition) is 1. The molecule has 0 atom stereocenters. The number of benzene rings is 1. The third-order valence-corrected chi connectivity index (χ3v) is 4.44. The van der Waals surface area contributed by atoms with Gasteiger partial charge in [0.15, 0.2) is 9.50 Å². The highest BCUT2D eigenvalue weighted by Gasteiger charge is 2.09. The summed E-state index contributed by atoms with van der Waals surface area (Å²) in [4.78, 5) is 8.42. The molecule has 3 rings (SSSR count). The molecule has 3 aromatic rings. The van der Waals surface area contributed by atoms with Crippen molar-refractivity contribution in [1.29, 1.82) is 0 Å². The molecule has 2 aromatic heterocycles. The second-order valence-electron chi connectivity index (χ2n) is 4.35. The highest BCUT2D eigenvalue weighted by atomic mass is 32.2. The first-order valence-corrected chi connectivity index (χ1v) is 8.08. The van der Waals surface area contributed by atoms with Crippen LogP contribution in [-0.2, 0) is 0 Å². The highest BCUT2D eigenvalue weighted by molar-refractivity contribution is 8.00. The summed E-state index contributed by atoms with van der Waals surface area (Å²) in [5.74, 6) is 0.528. The molecule has 8 heteroatoms. The average molecular weight is 331 g/mol. The van der Waals surface area contributed by atoms with Crippen molar-refractivity contribution in [1.82, 2.24) is 20.2 Å². The summed E-state index contributed by atoms with van der Waals surface area (Å²) in [6.07, 6.45) is 1.65. The molecule has 6 nitrogen and oxygen atoms in total. The molecule has 0 aliphatic heterocycles. The number of hydrogen-bond acceptors (Lipinski definition) is 8. The van der Waals surface area contributed by atoms with Gasteiger partial charge < -0.3 is 10.1 Å². The molecule has 112 valence electrons. The van der Waals surface area contributed by atoms with Gasteiger partial charge in [-0.1, -0.05) is 23.5 Å². The van der Waals surface area contributed by atoms with Crippen molar-refractivity contribution in [3.8, 4) is 5.88 Å². The van der Waals surface area contributed by atoms with E-state index >= 15 is 0 Å². The van der Waals surface area contributed by atoms with Crippen molar-refractivity contribution in [3.05, 3.63) is 42.1 Å². The lowest BCUT2D eigenvalue weighted by Gasteiger charge is -2.02. The predicted molar refractivity (Wildman–Crippen MR) is 87.1 cm³/mol. The number of methoxy groups -OCH3 is 1. The van der Waals surface area contributed by atoms with E-state index in [-0.39, 0.29) is 0 Å². The lowest BCUT2D eigenvalue weighted by atomic mass is 10.2. The van der Waals surface area contributed by atoms with Crippen LogP contribution in [0.1, 0.15) is 5.56 Å². The van der Waals surface area contributed by atoms with Gasteiger partial charge in [0.1, 0.15) is 0 Å². The Morgan fingerprint density at radius 3 is 2.95 bits per heavy atom. The molecule has 0 aliphatic carbocycles. The van der Waals surface area contributed by atoms with E-state index in [4.69, 9.17) is 4.74 Å². The zero-order valence-electron chi connectivity index (χ0n) is 12.0. The van der Waals surface area contributed by atoms with Crippen LogP contribution in [0.4, 0.5) is 10.8 Å². The quantitative estimate of drug-likeness (QED) is 0.717. The van der Waals surface area contributed by atoms with Crippen LogP contribution in [0.5, 0.6) is 5.88 Å². The van der Waals surface area contributed by atoms with Gasteiger partial charge in [0.2, 0.25) is 11.0 Å². The van der Waals surface area contributed by atoms with Gasteiger partial charge in [0.05, 0.1) is 7.11 Å². The number of aromatic nitrogens is 4. The number of aryl methyl sites for hydroxylation is 1. The van der Waals surface area contributed by atoms with Crippen molar-refractivity contribution in [2.45, 2.75) is 16.4 Å². The van der Waals surface area contributed by atoms with E-state index in [1.165, 1.54) is 28.7 Å². The van der Waals surface area contributed by atoms with Gasteiger partial charge in [-0.25, -0.2) is 4.98 Å². The lowest BCUT2D eigenvalue weighted by molar-refractivity contribution is 0.392. The number of anilines is 2. The van der Waals surface area contributed by atoms with Gasteiger partial charge in [0.25, 0.3) is 0 Å². The minimum Gasteiger partial charge on any atom is -0.481 e. The Labute approximate surface area is 136 Å². The molecule has 1 N–H and O–H groups in total. The van der Waals surface area contributed by atoms with E-state index in [0.29, 0.717) is 11.0 Å². The number of nitrogens with zero attached hydrogens (tertiary/aromatic N) is 4. The number of rotatable bonds is 5. The van der Waals surface area contributed by atoms with E-state index in [1.54, 1.807) is 19.4 Å². The first-order chi connectivity index (χ1) is 10.7. The van der Waals surface area contributed by atoms with Crippen LogP contribution < -0.4 is 10.1 Å². The van der Waals surface area contributed by atoms with Gasteiger partial charge in [-0.2, -0.15) is 4.98 Å². The summed E-state index contributed by atoms with van der Waals surface area (Å²) in [6.45, 7) is 2.05. The molecule has 0 aliphatic rings. The summed E-state index contributed by atoms with van der Waals surface area (Å²) in [7, 11) is 1.58. The molecule has 0 fully saturated rings. The van der Waals surface area contributed by atoms with Crippen molar-refractivity contribution >= 4 is 33.9 Å². The third-order valence-electron chi connectivity index (χ3n) is 2.67. The van der Waals surface area contributed by atoms with Crippen molar-refractivity contribution < 1.29 is 4.74 Å². The lowest BCUT2D eigenvalue weighted by Crippen LogP contribution is -1.90. The van der Waals surface area contributed by atoms with E-state index in [0.717, 1.165) is 15.2 Å². The van der Waals surface area contributed by atoms with E-state index < -0.39 is 0 Å². The van der Waals surface area contributed by atoms with Crippen LogP contribution >= 0.6 is 23.1 Å². The monoisotopic (exact) mass is 331 g/mol. The van der Waals surface area contributed by atoms with E-state index in [1.807, 2.05) is 25.1 Å². The van der Waals surface area contributed by atoms with Gasteiger partial charge in [0, 0.05) is 18.0 Å². The largest absolute Gasteiger partial charge is 0.481 e. The Morgan fingerprint density at radius 2 is 2.14 bits per heavy atom. The molecule has 22 heavy (non-hydrogen) atoms. The molecule has 0 saturated heterocycles. The summed E-state index contributed by atoms with van der Waals surface area (Å²) in [5.41, 5.74) is 2.18. The SMILES string of the molecule is COc1ccnc(Sc2nnc(Nc3cccc(C)c3)s2)n1. The maximum atomic E-state index is 5.08. The van der Waals surface area contributed by atoms with Crippen LogP contribution in [0.3, 0.4) is 0 Å². The minimum absolute atomic E-state index is 0.528. The van der Waals surface area contributed by atoms with Crippen LogP contribution in [0.15, 0.2) is 46.0 Å². The van der Waals surface area contributed by atoms with Gasteiger partial charge in [-0.05, 0) is 36.4 Å². The second-order valence-corrected chi connectivity index (χ2v) is 6.54. The van der Waals surface area contributed by atoms with Crippen LogP contribution in [0, 0.1) is 6.92 Å². The maximum absolute atomic E-state index is 5.08. The van der Waals surface area contributed by atoms with Crippen LogP contribution in [-0.4, -0.2) is 27.3 Å². The Hall–Kier alpha value is -2.19. The molecule has 1 aromatic carbocycles. The van der Waals surface area contributed by atoms with Gasteiger partial charge >= 0.3 is 0 Å². The zero-order chi connectivity index (χ0) is 15.4. The fourth-order valence-corrected chi connectivity index (χ4v) is 3.33. The van der Waals surface area contributed by atoms with Crippen LogP contribution in [0.2, 0.25) is 0 Å². The molecule has 0 bridgehead atoms.